The van der Waals surface area contributed by atoms with Crippen LogP contribution in [0.2, 0.25) is 0 Å². The van der Waals surface area contributed by atoms with Crippen LogP contribution in [0.1, 0.15) is 0 Å². The first-order valence-electron chi connectivity index (χ1n) is 5.68. The van der Waals surface area contributed by atoms with Gasteiger partial charge in [0.25, 0.3) is 0 Å². The standard InChI is InChI=1S/2C5H14N2.4ClH/c2*1-6-4-5-7(2)3;;;;/h2*6H,4-5H2,1-3H3;4*1H. The minimum atomic E-state index is 0. The van der Waals surface area contributed by atoms with Gasteiger partial charge in [-0.25, -0.2) is 0 Å². The molecule has 0 atom stereocenters. The summed E-state index contributed by atoms with van der Waals surface area (Å²) in [6.07, 6.45) is 0. The topological polar surface area (TPSA) is 42.1 Å². The molecule has 0 radical (unpaired) electrons. The molecule has 0 aliphatic carbocycles. The van der Waals surface area contributed by atoms with Crippen molar-refractivity contribution < 1.29 is 70.1 Å². The number of nitrogens with two attached hydrogens (primary N) is 2. The van der Waals surface area contributed by atoms with E-state index < -0.39 is 0 Å². The summed E-state index contributed by atoms with van der Waals surface area (Å²) in [6.45, 7) is 5.00. The van der Waals surface area contributed by atoms with Crippen molar-refractivity contribution in [1.82, 2.24) is 0 Å². The number of hydrogen-bond acceptors (Lipinski definition) is 0. The van der Waals surface area contributed by atoms with Crippen LogP contribution in [0.15, 0.2) is 0 Å². The molecule has 0 spiro atoms. The first-order chi connectivity index (χ1) is 6.54. The molecule has 0 fully saturated rings. The van der Waals surface area contributed by atoms with E-state index in [0.717, 1.165) is 0 Å². The Hall–Kier alpha value is 1.00. The molecule has 0 unspecified atom stereocenters. The summed E-state index contributed by atoms with van der Waals surface area (Å²) in [6, 6.07) is 0. The third kappa shape index (κ3) is 53.7. The van der Waals surface area contributed by atoms with Crippen molar-refractivity contribution >= 4 is 0 Å². The molecular weight excluding hydrogens is 318 g/mol. The molecule has 0 saturated heterocycles. The van der Waals surface area contributed by atoms with Crippen molar-refractivity contribution in [1.29, 1.82) is 0 Å². The van der Waals surface area contributed by atoms with Crippen molar-refractivity contribution in [3.8, 4) is 0 Å². The van der Waals surface area contributed by atoms with Gasteiger partial charge in [0, 0.05) is 0 Å². The Bertz CT molecular complexity index is 95.9. The molecule has 0 aliphatic rings. The second-order valence-electron chi connectivity index (χ2n) is 4.31. The van der Waals surface area contributed by atoms with Crippen LogP contribution in [-0.2, 0) is 0 Å². The van der Waals surface area contributed by atoms with E-state index in [0.29, 0.717) is 0 Å². The predicted molar refractivity (Wildman–Crippen MR) is 60.8 cm³/mol. The zero-order valence-corrected chi connectivity index (χ0v) is 15.5. The van der Waals surface area contributed by atoms with Crippen LogP contribution >= 0.6 is 0 Å². The maximum absolute atomic E-state index is 2.20. The summed E-state index contributed by atoms with van der Waals surface area (Å²) in [5.74, 6) is 0. The number of quaternary nitrogens is 4. The third-order valence-electron chi connectivity index (χ3n) is 1.87. The SMILES string of the molecule is C[NH2+]CC[NH+](C)C.C[NH2+]CC[NH+](C)C.[Cl-].[Cl-].[Cl-].[Cl-]. The summed E-state index contributed by atoms with van der Waals surface area (Å²) in [7, 11) is 12.9. The zero-order chi connectivity index (χ0) is 11.4. The van der Waals surface area contributed by atoms with Gasteiger partial charge in [-0.15, -0.1) is 0 Å². The van der Waals surface area contributed by atoms with Crippen molar-refractivity contribution in [3.05, 3.63) is 0 Å². The van der Waals surface area contributed by atoms with Gasteiger partial charge in [-0.3, -0.25) is 0 Å². The normalized spacial score (nSPS) is 8.00. The van der Waals surface area contributed by atoms with Gasteiger partial charge in [-0.1, -0.05) is 0 Å². The van der Waals surface area contributed by atoms with Crippen LogP contribution in [0.3, 0.4) is 0 Å². The molecule has 120 valence electrons. The summed E-state index contributed by atoms with van der Waals surface area (Å²) in [5, 5.41) is 4.40. The minimum absolute atomic E-state index is 0. The van der Waals surface area contributed by atoms with Gasteiger partial charge in [-0.2, -0.15) is 0 Å². The molecule has 0 aliphatic heterocycles. The number of nitrogens with one attached hydrogen (secondary N) is 2. The fourth-order valence-electron chi connectivity index (χ4n) is 0.866. The van der Waals surface area contributed by atoms with E-state index in [-0.39, 0.29) is 49.6 Å². The first-order valence-corrected chi connectivity index (χ1v) is 5.68. The van der Waals surface area contributed by atoms with E-state index in [1.54, 1.807) is 0 Å². The molecule has 18 heavy (non-hydrogen) atoms. The van der Waals surface area contributed by atoms with E-state index in [1.807, 2.05) is 0 Å². The lowest BCUT2D eigenvalue weighted by Gasteiger charge is -2.02. The van der Waals surface area contributed by atoms with Gasteiger partial charge in [-0.05, 0) is 0 Å². The molecule has 6 N–H and O–H groups in total. The maximum atomic E-state index is 2.20. The molecule has 4 nitrogen and oxygen atoms in total. The van der Waals surface area contributed by atoms with Crippen LogP contribution in [0, 0.1) is 0 Å². The van der Waals surface area contributed by atoms with E-state index in [9.17, 15) is 0 Å². The quantitative estimate of drug-likeness (QED) is 0.368. The van der Waals surface area contributed by atoms with Crippen LogP contribution < -0.4 is 70.1 Å². The fourth-order valence-corrected chi connectivity index (χ4v) is 0.866. The van der Waals surface area contributed by atoms with Gasteiger partial charge < -0.3 is 70.1 Å². The number of rotatable bonds is 6. The lowest BCUT2D eigenvalue weighted by atomic mass is 10.6. The van der Waals surface area contributed by atoms with Gasteiger partial charge in [0.2, 0.25) is 0 Å². The first kappa shape index (κ1) is 36.4. The molecular formula is C10H32Cl4N4. The number of hydrogen-bond donors (Lipinski definition) is 4. The smallest absolute Gasteiger partial charge is 0.126 e. The molecule has 0 bridgehead atoms. The monoisotopic (exact) mass is 348 g/mol. The highest BCUT2D eigenvalue weighted by Crippen LogP contribution is 1.27. The molecule has 8 heteroatoms. The summed E-state index contributed by atoms with van der Waals surface area (Å²) < 4.78 is 0. The van der Waals surface area contributed by atoms with Gasteiger partial charge in [0.05, 0.1) is 42.3 Å². The van der Waals surface area contributed by atoms with E-state index in [1.165, 1.54) is 36.0 Å². The zero-order valence-electron chi connectivity index (χ0n) is 12.5. The van der Waals surface area contributed by atoms with Gasteiger partial charge in [0.15, 0.2) is 0 Å². The summed E-state index contributed by atoms with van der Waals surface area (Å²) >= 11 is 0. The van der Waals surface area contributed by atoms with E-state index >= 15 is 0 Å². The van der Waals surface area contributed by atoms with Crippen molar-refractivity contribution in [2.45, 2.75) is 0 Å². The average molecular weight is 350 g/mol. The Balaban J connectivity index is -0.0000000327. The highest BCUT2D eigenvalue weighted by Gasteiger charge is 1.89. The van der Waals surface area contributed by atoms with Crippen molar-refractivity contribution in [3.63, 3.8) is 0 Å². The second kappa shape index (κ2) is 30.8. The Morgan fingerprint density at radius 2 is 0.833 bits per heavy atom. The molecule has 0 heterocycles. The number of halogens is 4. The molecule has 0 rings (SSSR count). The lowest BCUT2D eigenvalue weighted by Crippen LogP contribution is -3.09. The summed E-state index contributed by atoms with van der Waals surface area (Å²) in [5.41, 5.74) is 0. The average Bonchev–Trinajstić information content (AvgIpc) is 2.12. The molecule has 0 aromatic carbocycles. The highest BCUT2D eigenvalue weighted by molar-refractivity contribution is 4.10. The Labute approximate surface area is 138 Å². The maximum Gasteiger partial charge on any atom is 0.126 e. The molecule has 0 aromatic heterocycles. The lowest BCUT2D eigenvalue weighted by molar-refractivity contribution is -0.872. The van der Waals surface area contributed by atoms with Crippen LogP contribution in [0.5, 0.6) is 0 Å². The van der Waals surface area contributed by atoms with Crippen molar-refractivity contribution in [2.75, 3.05) is 68.5 Å². The largest absolute Gasteiger partial charge is 1.00 e. The van der Waals surface area contributed by atoms with Gasteiger partial charge >= 0.3 is 0 Å². The third-order valence-corrected chi connectivity index (χ3v) is 1.87. The minimum Gasteiger partial charge on any atom is -1.00 e. The van der Waals surface area contributed by atoms with Gasteiger partial charge in [0.1, 0.15) is 26.2 Å². The van der Waals surface area contributed by atoms with E-state index in [2.05, 4.69) is 52.9 Å². The van der Waals surface area contributed by atoms with E-state index in [4.69, 9.17) is 0 Å². The predicted octanol–water partition coefficient (Wildman–Crippen LogP) is -17.3. The number of likely N-dealkylation sites (N-methyl/N-ethyl adjacent to an activating group) is 4. The van der Waals surface area contributed by atoms with Crippen molar-refractivity contribution in [2.24, 2.45) is 0 Å². The second-order valence-corrected chi connectivity index (χ2v) is 4.31. The van der Waals surface area contributed by atoms with Crippen LogP contribution in [-0.4, -0.2) is 68.5 Å². The Morgan fingerprint density at radius 3 is 0.889 bits per heavy atom. The molecule has 0 saturated carbocycles. The Kier molecular flexibility index (Phi) is 62.3. The van der Waals surface area contributed by atoms with Crippen LogP contribution in [0.25, 0.3) is 0 Å². The Morgan fingerprint density at radius 1 is 0.611 bits per heavy atom. The molecule has 0 amide bonds. The molecule has 0 aromatic rings. The fraction of sp³-hybridized carbons (Fsp3) is 1.00. The summed E-state index contributed by atoms with van der Waals surface area (Å²) in [4.78, 5) is 3.05. The highest BCUT2D eigenvalue weighted by atomic mass is 35.5. The van der Waals surface area contributed by atoms with Crippen LogP contribution in [0.4, 0.5) is 0 Å².